The molecule has 0 radical (unpaired) electrons. The van der Waals surface area contributed by atoms with E-state index in [0.29, 0.717) is 13.2 Å². The topological polar surface area (TPSA) is 148 Å². The van der Waals surface area contributed by atoms with Gasteiger partial charge < -0.3 is 20.9 Å². The number of anilines is 1. The average Bonchev–Trinajstić information content (AvgIpc) is 2.39. The summed E-state index contributed by atoms with van der Waals surface area (Å²) < 4.78 is 34.0. The van der Waals surface area contributed by atoms with E-state index in [-0.39, 0.29) is 28.1 Å². The van der Waals surface area contributed by atoms with Crippen LogP contribution < -0.4 is 16.6 Å². The molecule has 0 aromatic heterocycles. The minimum absolute atomic E-state index is 0.0785. The number of carbonyl (C=O) groups excluding carboxylic acids is 1. The van der Waals surface area contributed by atoms with Crippen LogP contribution in [0.4, 0.5) is 5.69 Å². The summed E-state index contributed by atoms with van der Waals surface area (Å²) >= 11 is 0. The summed E-state index contributed by atoms with van der Waals surface area (Å²) in [6.07, 6.45) is -0.596. The molecule has 0 unspecified atom stereocenters. The van der Waals surface area contributed by atoms with Gasteiger partial charge in [0.25, 0.3) is 0 Å². The molecule has 22 heavy (non-hydrogen) atoms. The van der Waals surface area contributed by atoms with Gasteiger partial charge in [-0.25, -0.2) is 13.6 Å². The first-order valence-electron chi connectivity index (χ1n) is 6.69. The van der Waals surface area contributed by atoms with Crippen molar-refractivity contribution in [2.24, 2.45) is 10.9 Å². The van der Waals surface area contributed by atoms with Crippen molar-refractivity contribution in [3.05, 3.63) is 23.3 Å². The Morgan fingerprint density at radius 1 is 1.23 bits per heavy atom. The zero-order chi connectivity index (χ0) is 16.9. The Balaban J connectivity index is 3.42. The highest BCUT2D eigenvalue weighted by Gasteiger charge is 2.25. The molecule has 6 N–H and O–H groups in total. The second kappa shape index (κ2) is 7.54. The first kappa shape index (κ1) is 18.4. The van der Waals surface area contributed by atoms with E-state index >= 15 is 0 Å². The van der Waals surface area contributed by atoms with Crippen molar-refractivity contribution in [3.63, 3.8) is 0 Å². The van der Waals surface area contributed by atoms with Gasteiger partial charge >= 0.3 is 0 Å². The number of sulfonamides is 1. The third-order valence-electron chi connectivity index (χ3n) is 2.94. The van der Waals surface area contributed by atoms with Crippen molar-refractivity contribution in [2.45, 2.75) is 31.5 Å². The lowest BCUT2D eigenvalue weighted by Crippen LogP contribution is -2.27. The predicted octanol–water partition coefficient (Wildman–Crippen LogP) is -0.0433. The van der Waals surface area contributed by atoms with E-state index in [4.69, 9.17) is 26.1 Å². The first-order chi connectivity index (χ1) is 10.2. The van der Waals surface area contributed by atoms with Crippen molar-refractivity contribution in [1.29, 1.82) is 0 Å². The Labute approximate surface area is 129 Å². The van der Waals surface area contributed by atoms with Crippen LogP contribution in [-0.4, -0.2) is 33.8 Å². The van der Waals surface area contributed by atoms with Gasteiger partial charge in [0.1, 0.15) is 0 Å². The van der Waals surface area contributed by atoms with E-state index in [9.17, 15) is 13.2 Å². The molecule has 9 heteroatoms. The van der Waals surface area contributed by atoms with Gasteiger partial charge in [0.05, 0.1) is 10.5 Å². The highest BCUT2D eigenvalue weighted by Crippen LogP contribution is 2.26. The van der Waals surface area contributed by atoms with Crippen LogP contribution in [0.5, 0.6) is 0 Å². The number of rotatable bonds is 8. The van der Waals surface area contributed by atoms with Crippen LogP contribution in [0.15, 0.2) is 17.0 Å². The van der Waals surface area contributed by atoms with Gasteiger partial charge in [-0.05, 0) is 31.5 Å². The molecule has 8 nitrogen and oxygen atoms in total. The summed E-state index contributed by atoms with van der Waals surface area (Å²) in [4.78, 5) is 11.3. The Morgan fingerprint density at radius 2 is 1.77 bits per heavy atom. The lowest BCUT2D eigenvalue weighted by Gasteiger charge is -2.20. The number of hydrogen-bond acceptors (Lipinski definition) is 6. The van der Waals surface area contributed by atoms with Gasteiger partial charge in [0.15, 0.2) is 6.29 Å². The molecule has 0 spiro atoms. The Hall–Kier alpha value is -1.68. The second-order valence-electron chi connectivity index (χ2n) is 4.46. The van der Waals surface area contributed by atoms with Gasteiger partial charge in [0, 0.05) is 25.3 Å². The molecule has 0 atom stereocenters. The van der Waals surface area contributed by atoms with Gasteiger partial charge in [-0.15, -0.1) is 0 Å². The monoisotopic (exact) mass is 331 g/mol. The maximum atomic E-state index is 11.7. The fourth-order valence-electron chi connectivity index (χ4n) is 2.07. The molecule has 1 amide bonds. The highest BCUT2D eigenvalue weighted by atomic mass is 32.2. The fourth-order valence-corrected chi connectivity index (χ4v) is 2.84. The van der Waals surface area contributed by atoms with Crippen molar-refractivity contribution in [1.82, 2.24) is 0 Å². The second-order valence-corrected chi connectivity index (χ2v) is 5.99. The number of carbonyl (C=O) groups is 1. The largest absolute Gasteiger partial charge is 0.398 e. The van der Waals surface area contributed by atoms with Crippen molar-refractivity contribution < 1.29 is 22.7 Å². The Bertz CT molecular complexity index is 639. The standard InChI is InChI=1S/C13H21N3O5S/c1-3-20-11(21-4-2)7-8-9(14)5-6-10(22(16,18)19)12(8)13(15)17/h5-6,11H,3-4,7,14H2,1-2H3,(H2,15,17)(H2,16,18,19). The predicted molar refractivity (Wildman–Crippen MR) is 81.5 cm³/mol. The van der Waals surface area contributed by atoms with Crippen molar-refractivity contribution in [3.8, 4) is 0 Å². The van der Waals surface area contributed by atoms with Crippen LogP contribution in [-0.2, 0) is 25.9 Å². The summed E-state index contributed by atoms with van der Waals surface area (Å²) in [5.74, 6) is -0.932. The summed E-state index contributed by atoms with van der Waals surface area (Å²) in [5, 5.41) is 5.12. The number of benzene rings is 1. The molecule has 0 aliphatic heterocycles. The molecule has 0 aliphatic rings. The van der Waals surface area contributed by atoms with Crippen LogP contribution in [0.25, 0.3) is 0 Å². The molecule has 124 valence electrons. The van der Waals surface area contributed by atoms with Crippen LogP contribution >= 0.6 is 0 Å². The number of nitrogens with two attached hydrogens (primary N) is 3. The molecule has 0 aliphatic carbocycles. The summed E-state index contributed by atoms with van der Waals surface area (Å²) in [7, 11) is -4.12. The van der Waals surface area contributed by atoms with Crippen molar-refractivity contribution >= 4 is 21.6 Å². The normalized spacial score (nSPS) is 11.8. The number of ether oxygens (including phenoxy) is 2. The number of primary amides is 1. The molecule has 1 aromatic rings. The number of nitrogen functional groups attached to an aromatic ring is 1. The zero-order valence-electron chi connectivity index (χ0n) is 12.5. The van der Waals surface area contributed by atoms with E-state index in [1.165, 1.54) is 6.07 Å². The van der Waals surface area contributed by atoms with E-state index in [1.54, 1.807) is 13.8 Å². The highest BCUT2D eigenvalue weighted by molar-refractivity contribution is 7.89. The maximum Gasteiger partial charge on any atom is 0.250 e. The molecular weight excluding hydrogens is 310 g/mol. The maximum absolute atomic E-state index is 11.7. The minimum atomic E-state index is -4.12. The third kappa shape index (κ3) is 4.41. The van der Waals surface area contributed by atoms with Gasteiger partial charge in [-0.3, -0.25) is 4.79 Å². The molecule has 0 heterocycles. The SMILES string of the molecule is CCOC(Cc1c(N)ccc(S(N)(=O)=O)c1C(N)=O)OCC. The summed E-state index contributed by atoms with van der Waals surface area (Å²) in [6.45, 7) is 4.33. The Morgan fingerprint density at radius 3 is 2.18 bits per heavy atom. The molecule has 0 saturated carbocycles. The number of primary sulfonamides is 1. The molecule has 0 bridgehead atoms. The van der Waals surface area contributed by atoms with Gasteiger partial charge in [0.2, 0.25) is 15.9 Å². The lowest BCUT2D eigenvalue weighted by molar-refractivity contribution is -0.134. The lowest BCUT2D eigenvalue weighted by atomic mass is 10.0. The van der Waals surface area contributed by atoms with Crippen LogP contribution in [0.3, 0.4) is 0 Å². The molecule has 0 fully saturated rings. The van der Waals surface area contributed by atoms with Crippen LogP contribution in [0.2, 0.25) is 0 Å². The van der Waals surface area contributed by atoms with E-state index in [0.717, 1.165) is 6.07 Å². The average molecular weight is 331 g/mol. The molecule has 1 rings (SSSR count). The fraction of sp³-hybridized carbons (Fsp3) is 0.462. The van der Waals surface area contributed by atoms with Gasteiger partial charge in [-0.1, -0.05) is 0 Å². The third-order valence-corrected chi connectivity index (χ3v) is 3.89. The van der Waals surface area contributed by atoms with Crippen LogP contribution in [0.1, 0.15) is 29.8 Å². The number of amides is 1. The summed E-state index contributed by atoms with van der Waals surface area (Å²) in [5.41, 5.74) is 11.4. The quantitative estimate of drug-likeness (QED) is 0.449. The zero-order valence-corrected chi connectivity index (χ0v) is 13.4. The van der Waals surface area contributed by atoms with E-state index < -0.39 is 22.2 Å². The first-order valence-corrected chi connectivity index (χ1v) is 8.24. The van der Waals surface area contributed by atoms with E-state index in [1.807, 2.05) is 0 Å². The molecule has 0 saturated heterocycles. The summed E-state index contributed by atoms with van der Waals surface area (Å²) in [6, 6.07) is 2.51. The number of hydrogen-bond donors (Lipinski definition) is 3. The molecule has 1 aromatic carbocycles. The van der Waals surface area contributed by atoms with Crippen molar-refractivity contribution in [2.75, 3.05) is 18.9 Å². The van der Waals surface area contributed by atoms with Gasteiger partial charge in [-0.2, -0.15) is 0 Å². The van der Waals surface area contributed by atoms with E-state index in [2.05, 4.69) is 0 Å². The molecular formula is C13H21N3O5S. The smallest absolute Gasteiger partial charge is 0.250 e. The van der Waals surface area contributed by atoms with Crippen LogP contribution in [0, 0.1) is 0 Å². The minimum Gasteiger partial charge on any atom is -0.398 e. The Kier molecular flexibility index (Phi) is 6.30.